The number of hydrogen-bond acceptors (Lipinski definition) is 5. The lowest BCUT2D eigenvalue weighted by Gasteiger charge is -2.08. The maximum absolute atomic E-state index is 5.98. The molecule has 0 aliphatic carbocycles. The van der Waals surface area contributed by atoms with Crippen molar-refractivity contribution in [1.29, 1.82) is 0 Å². The van der Waals surface area contributed by atoms with Crippen LogP contribution in [0, 0.1) is 0 Å². The Morgan fingerprint density at radius 2 is 2.00 bits per heavy atom. The first-order chi connectivity index (χ1) is 11.1. The third-order valence-corrected chi connectivity index (χ3v) is 3.63. The molecule has 0 saturated carbocycles. The number of ether oxygens (including phenoxy) is 1. The fourth-order valence-electron chi connectivity index (χ4n) is 2.49. The van der Waals surface area contributed by atoms with Gasteiger partial charge in [-0.25, -0.2) is 9.97 Å². The second kappa shape index (κ2) is 6.26. The molecule has 2 heterocycles. The van der Waals surface area contributed by atoms with E-state index in [-0.39, 0.29) is 5.95 Å². The molecule has 0 radical (unpaired) electrons. The highest BCUT2D eigenvalue weighted by Crippen LogP contribution is 2.27. The maximum Gasteiger partial charge on any atom is 0.222 e. The van der Waals surface area contributed by atoms with E-state index in [0.717, 1.165) is 22.6 Å². The summed E-state index contributed by atoms with van der Waals surface area (Å²) in [6.45, 7) is 0. The topological polar surface area (TPSA) is 78.8 Å². The Morgan fingerprint density at radius 3 is 2.74 bits per heavy atom. The second-order valence-corrected chi connectivity index (χ2v) is 5.49. The predicted octanol–water partition coefficient (Wildman–Crippen LogP) is 2.71. The van der Waals surface area contributed by atoms with Crippen LogP contribution in [0.25, 0.3) is 11.4 Å². The molecule has 3 rings (SSSR count). The zero-order valence-electron chi connectivity index (χ0n) is 12.8. The van der Waals surface area contributed by atoms with Crippen LogP contribution in [-0.4, -0.2) is 26.9 Å². The number of para-hydroxylation sites is 1. The number of aryl methyl sites for hydroxylation is 1. The molecule has 0 aliphatic rings. The minimum absolute atomic E-state index is 0.126. The van der Waals surface area contributed by atoms with E-state index in [1.54, 1.807) is 17.9 Å². The normalized spacial score (nSPS) is 10.7. The maximum atomic E-state index is 5.98. The van der Waals surface area contributed by atoms with Crippen molar-refractivity contribution in [3.8, 4) is 17.1 Å². The van der Waals surface area contributed by atoms with Gasteiger partial charge in [0.15, 0.2) is 0 Å². The van der Waals surface area contributed by atoms with Crippen LogP contribution in [0.15, 0.2) is 36.5 Å². The van der Waals surface area contributed by atoms with Crippen LogP contribution in [0.3, 0.4) is 0 Å². The first-order valence-electron chi connectivity index (χ1n) is 7.01. The van der Waals surface area contributed by atoms with E-state index in [2.05, 4.69) is 15.1 Å². The summed E-state index contributed by atoms with van der Waals surface area (Å²) in [4.78, 5) is 8.12. The van der Waals surface area contributed by atoms with Gasteiger partial charge in [-0.1, -0.05) is 29.8 Å². The van der Waals surface area contributed by atoms with Crippen LogP contribution in [0.5, 0.6) is 5.75 Å². The molecule has 0 spiro atoms. The summed E-state index contributed by atoms with van der Waals surface area (Å²) in [7, 11) is 3.52. The van der Waals surface area contributed by atoms with Crippen LogP contribution in [-0.2, 0) is 13.5 Å². The zero-order valence-corrected chi connectivity index (χ0v) is 13.6. The van der Waals surface area contributed by atoms with Crippen LogP contribution in [0.2, 0.25) is 5.15 Å². The Hall–Kier alpha value is -2.60. The average molecular weight is 330 g/mol. The minimum Gasteiger partial charge on any atom is -0.496 e. The molecule has 0 aliphatic heterocycles. The molecular weight excluding hydrogens is 314 g/mol. The lowest BCUT2D eigenvalue weighted by Crippen LogP contribution is -1.99. The van der Waals surface area contributed by atoms with Crippen molar-refractivity contribution in [1.82, 2.24) is 19.7 Å². The number of halogens is 1. The van der Waals surface area contributed by atoms with Crippen LogP contribution in [0.1, 0.15) is 11.1 Å². The van der Waals surface area contributed by atoms with E-state index < -0.39 is 0 Å². The summed E-state index contributed by atoms with van der Waals surface area (Å²) in [5.41, 5.74) is 9.10. The monoisotopic (exact) mass is 329 g/mol. The van der Waals surface area contributed by atoms with Gasteiger partial charge < -0.3 is 10.5 Å². The van der Waals surface area contributed by atoms with Gasteiger partial charge in [-0.15, -0.1) is 0 Å². The van der Waals surface area contributed by atoms with E-state index >= 15 is 0 Å². The van der Waals surface area contributed by atoms with Gasteiger partial charge >= 0.3 is 0 Å². The number of rotatable bonds is 4. The molecule has 0 unspecified atom stereocenters. The SMILES string of the molecule is COc1ccccc1Cc1cn(C)nc1-c1cc(Cl)nc(N)n1. The van der Waals surface area contributed by atoms with E-state index in [1.165, 1.54) is 0 Å². The number of nitrogens with two attached hydrogens (primary N) is 1. The molecule has 0 fully saturated rings. The summed E-state index contributed by atoms with van der Waals surface area (Å²) in [6, 6.07) is 9.54. The molecule has 118 valence electrons. The van der Waals surface area contributed by atoms with Gasteiger partial charge in [0.25, 0.3) is 0 Å². The van der Waals surface area contributed by atoms with Crippen molar-refractivity contribution in [2.75, 3.05) is 12.8 Å². The molecule has 1 aromatic carbocycles. The van der Waals surface area contributed by atoms with Crippen molar-refractivity contribution in [2.45, 2.75) is 6.42 Å². The van der Waals surface area contributed by atoms with Gasteiger partial charge in [-0.05, 0) is 11.6 Å². The number of nitrogen functional groups attached to an aromatic ring is 1. The highest BCUT2D eigenvalue weighted by atomic mass is 35.5. The number of anilines is 1. The molecule has 2 aromatic heterocycles. The molecule has 3 aromatic rings. The third kappa shape index (κ3) is 3.27. The lowest BCUT2D eigenvalue weighted by atomic mass is 10.0. The summed E-state index contributed by atoms with van der Waals surface area (Å²) >= 11 is 5.98. The highest BCUT2D eigenvalue weighted by Gasteiger charge is 2.15. The van der Waals surface area contributed by atoms with Crippen LogP contribution < -0.4 is 10.5 Å². The van der Waals surface area contributed by atoms with Gasteiger partial charge in [0.1, 0.15) is 16.6 Å². The van der Waals surface area contributed by atoms with Crippen molar-refractivity contribution < 1.29 is 4.74 Å². The summed E-state index contributed by atoms with van der Waals surface area (Å²) in [5.74, 6) is 0.962. The summed E-state index contributed by atoms with van der Waals surface area (Å²) in [6.07, 6.45) is 2.61. The molecule has 23 heavy (non-hydrogen) atoms. The van der Waals surface area contributed by atoms with Crippen molar-refractivity contribution in [3.63, 3.8) is 0 Å². The van der Waals surface area contributed by atoms with Crippen LogP contribution in [0.4, 0.5) is 5.95 Å². The van der Waals surface area contributed by atoms with Crippen molar-refractivity contribution >= 4 is 17.5 Å². The van der Waals surface area contributed by atoms with E-state index in [1.807, 2.05) is 37.5 Å². The molecule has 7 heteroatoms. The zero-order chi connectivity index (χ0) is 16.4. The van der Waals surface area contributed by atoms with Gasteiger partial charge in [0.05, 0.1) is 12.8 Å². The number of aromatic nitrogens is 4. The Kier molecular flexibility index (Phi) is 4.16. The molecule has 2 N–H and O–H groups in total. The molecule has 0 saturated heterocycles. The van der Waals surface area contributed by atoms with Gasteiger partial charge in [-0.3, -0.25) is 4.68 Å². The van der Waals surface area contributed by atoms with E-state index in [4.69, 9.17) is 22.1 Å². The number of methoxy groups -OCH3 is 1. The van der Waals surface area contributed by atoms with E-state index in [9.17, 15) is 0 Å². The van der Waals surface area contributed by atoms with Crippen LogP contribution >= 0.6 is 11.6 Å². The van der Waals surface area contributed by atoms with Gasteiger partial charge in [0.2, 0.25) is 5.95 Å². The number of hydrogen-bond donors (Lipinski definition) is 1. The Morgan fingerprint density at radius 1 is 1.22 bits per heavy atom. The first-order valence-corrected chi connectivity index (χ1v) is 7.39. The molecule has 0 atom stereocenters. The highest BCUT2D eigenvalue weighted by molar-refractivity contribution is 6.29. The molecular formula is C16H16ClN5O. The summed E-state index contributed by atoms with van der Waals surface area (Å²) < 4.78 is 7.16. The third-order valence-electron chi connectivity index (χ3n) is 3.43. The second-order valence-electron chi connectivity index (χ2n) is 5.10. The summed E-state index contributed by atoms with van der Waals surface area (Å²) in [5, 5.41) is 4.78. The first kappa shape index (κ1) is 15.3. The van der Waals surface area contributed by atoms with Gasteiger partial charge in [0, 0.05) is 31.3 Å². The largest absolute Gasteiger partial charge is 0.496 e. The smallest absolute Gasteiger partial charge is 0.222 e. The Balaban J connectivity index is 2.04. The molecule has 0 bridgehead atoms. The molecule has 0 amide bonds. The molecule has 6 nitrogen and oxygen atoms in total. The minimum atomic E-state index is 0.126. The Bertz CT molecular complexity index is 826. The number of nitrogens with zero attached hydrogens (tertiary/aromatic N) is 4. The lowest BCUT2D eigenvalue weighted by molar-refractivity contribution is 0.410. The standard InChI is InChI=1S/C16H16ClN5O/c1-22-9-11(7-10-5-3-4-6-13(10)23-2)15(21-22)12-8-14(17)20-16(18)19-12/h3-6,8-9H,7H2,1-2H3,(H2,18,19,20). The van der Waals surface area contributed by atoms with E-state index in [0.29, 0.717) is 17.3 Å². The van der Waals surface area contributed by atoms with Gasteiger partial charge in [-0.2, -0.15) is 5.10 Å². The fraction of sp³-hybridized carbons (Fsp3) is 0.188. The quantitative estimate of drug-likeness (QED) is 0.744. The predicted molar refractivity (Wildman–Crippen MR) is 89.5 cm³/mol. The van der Waals surface area contributed by atoms with Crippen molar-refractivity contribution in [3.05, 3.63) is 52.8 Å². The Labute approximate surface area is 138 Å². The number of benzene rings is 1. The average Bonchev–Trinajstić information content (AvgIpc) is 2.87. The van der Waals surface area contributed by atoms with Crippen molar-refractivity contribution in [2.24, 2.45) is 7.05 Å². The fourth-order valence-corrected chi connectivity index (χ4v) is 2.68.